The average Bonchev–Trinajstić information content (AvgIpc) is 3.17. The first kappa shape index (κ1) is 21.5. The molecule has 2 atom stereocenters. The van der Waals surface area contributed by atoms with Crippen LogP contribution < -0.4 is 5.73 Å². The van der Waals surface area contributed by atoms with Crippen LogP contribution in [-0.2, 0) is 19.4 Å². The number of carbonyl (C=O) groups excluding carboxylic acids is 2. The maximum atomic E-state index is 12.7. The van der Waals surface area contributed by atoms with Crippen molar-refractivity contribution in [2.75, 3.05) is 23.0 Å². The number of hydrogen-bond acceptors (Lipinski definition) is 9. The largest absolute Gasteiger partial charge is 0.369 e. The quantitative estimate of drug-likeness (QED) is 0.567. The molecule has 1 aromatic heterocycles. The van der Waals surface area contributed by atoms with Gasteiger partial charge in [0.1, 0.15) is 0 Å². The summed E-state index contributed by atoms with van der Waals surface area (Å²) in [5.41, 5.74) is 5.10. The molecule has 26 heavy (non-hydrogen) atoms. The second-order valence-corrected chi connectivity index (χ2v) is 11.6. The van der Waals surface area contributed by atoms with E-state index in [0.29, 0.717) is 15.1 Å². The van der Waals surface area contributed by atoms with Crippen molar-refractivity contribution < 1.29 is 18.0 Å². The molecule has 0 aliphatic carbocycles. The molecule has 146 valence electrons. The van der Waals surface area contributed by atoms with Gasteiger partial charge in [-0.2, -0.15) is 0 Å². The molecule has 8 nitrogen and oxygen atoms in total. The van der Waals surface area contributed by atoms with Gasteiger partial charge in [-0.25, -0.2) is 8.42 Å². The number of thioether (sulfide) groups is 2. The van der Waals surface area contributed by atoms with E-state index in [9.17, 15) is 18.0 Å². The molecule has 0 bridgehead atoms. The Morgan fingerprint density at radius 3 is 2.42 bits per heavy atom. The molecule has 0 saturated carbocycles. The molecule has 1 aliphatic heterocycles. The van der Waals surface area contributed by atoms with Gasteiger partial charge in [-0.3, -0.25) is 9.59 Å². The minimum absolute atomic E-state index is 0.0162. The van der Waals surface area contributed by atoms with E-state index in [4.69, 9.17) is 5.73 Å². The third-order valence-corrected chi connectivity index (χ3v) is 8.95. The fourth-order valence-corrected chi connectivity index (χ4v) is 6.99. The summed E-state index contributed by atoms with van der Waals surface area (Å²) in [7, 11) is -3.05. The van der Waals surface area contributed by atoms with Gasteiger partial charge in [0.25, 0.3) is 0 Å². The number of amides is 2. The number of carbonyl (C=O) groups is 2. The van der Waals surface area contributed by atoms with Crippen molar-refractivity contribution in [2.45, 2.75) is 47.5 Å². The molecule has 2 N–H and O–H groups in total. The number of hydrogen-bond donors (Lipinski definition) is 1. The Kier molecular flexibility index (Phi) is 7.74. The first-order chi connectivity index (χ1) is 12.2. The van der Waals surface area contributed by atoms with Crippen LogP contribution in [0.25, 0.3) is 0 Å². The highest BCUT2D eigenvalue weighted by Crippen LogP contribution is 2.29. The van der Waals surface area contributed by atoms with Crippen LogP contribution in [0.3, 0.4) is 0 Å². The molecule has 1 aromatic rings. The summed E-state index contributed by atoms with van der Waals surface area (Å²) in [6.07, 6.45) is 1.26. The Morgan fingerprint density at radius 2 is 1.92 bits per heavy atom. The van der Waals surface area contributed by atoms with Crippen molar-refractivity contribution in [1.82, 2.24) is 15.1 Å². The highest BCUT2D eigenvalue weighted by atomic mass is 32.2. The van der Waals surface area contributed by atoms with E-state index >= 15 is 0 Å². The second-order valence-electron chi connectivity index (χ2n) is 5.99. The maximum Gasteiger partial charge on any atom is 0.233 e. The van der Waals surface area contributed by atoms with Crippen molar-refractivity contribution in [1.29, 1.82) is 0 Å². The van der Waals surface area contributed by atoms with E-state index in [0.717, 1.165) is 6.42 Å². The third-order valence-electron chi connectivity index (χ3n) is 4.00. The van der Waals surface area contributed by atoms with E-state index in [-0.39, 0.29) is 41.0 Å². The summed E-state index contributed by atoms with van der Waals surface area (Å²) in [5, 5.41) is 7.96. The Bertz CT molecular complexity index is 752. The Labute approximate surface area is 165 Å². The number of aromatic nitrogens is 2. The Balaban J connectivity index is 1.96. The van der Waals surface area contributed by atoms with Crippen LogP contribution in [0.1, 0.15) is 26.7 Å². The number of nitrogens with zero attached hydrogens (tertiary/aromatic N) is 3. The normalized spacial score (nSPS) is 20.0. The van der Waals surface area contributed by atoms with E-state index in [1.165, 1.54) is 34.9 Å². The minimum atomic E-state index is -3.05. The van der Waals surface area contributed by atoms with Gasteiger partial charge >= 0.3 is 0 Å². The van der Waals surface area contributed by atoms with Crippen LogP contribution in [0.2, 0.25) is 0 Å². The molecule has 0 spiro atoms. The first-order valence-electron chi connectivity index (χ1n) is 8.10. The zero-order chi connectivity index (χ0) is 19.3. The lowest BCUT2D eigenvalue weighted by molar-refractivity contribution is -0.132. The van der Waals surface area contributed by atoms with Crippen LogP contribution >= 0.6 is 34.9 Å². The summed E-state index contributed by atoms with van der Waals surface area (Å²) < 4.78 is 24.8. The predicted molar refractivity (Wildman–Crippen MR) is 104 cm³/mol. The van der Waals surface area contributed by atoms with Crippen LogP contribution in [0, 0.1) is 0 Å². The lowest BCUT2D eigenvalue weighted by atomic mass is 10.1. The molecular weight excluding hydrogens is 416 g/mol. The molecule has 1 saturated heterocycles. The number of primary amides is 1. The summed E-state index contributed by atoms with van der Waals surface area (Å²) in [5.74, 6) is -0.0209. The van der Waals surface area contributed by atoms with Gasteiger partial charge in [0.15, 0.2) is 18.5 Å². The van der Waals surface area contributed by atoms with Gasteiger partial charge in [0, 0.05) is 12.1 Å². The maximum absolute atomic E-state index is 12.7. The van der Waals surface area contributed by atoms with Crippen molar-refractivity contribution in [3.05, 3.63) is 0 Å². The molecule has 0 aromatic carbocycles. The SMILES string of the molecule is CCC(C)N(C(=O)CSc1nnc(SCC(N)=O)s1)C1CCS(=O)(=O)C1. The van der Waals surface area contributed by atoms with Gasteiger partial charge in [-0.15, -0.1) is 10.2 Å². The summed E-state index contributed by atoms with van der Waals surface area (Å²) in [6.45, 7) is 3.92. The number of nitrogens with two attached hydrogens (primary N) is 1. The molecule has 2 heterocycles. The minimum Gasteiger partial charge on any atom is -0.369 e. The van der Waals surface area contributed by atoms with Crippen LogP contribution in [0.4, 0.5) is 0 Å². The van der Waals surface area contributed by atoms with Crippen LogP contribution in [0.15, 0.2) is 8.68 Å². The van der Waals surface area contributed by atoms with Crippen molar-refractivity contribution in [3.63, 3.8) is 0 Å². The third kappa shape index (κ3) is 6.10. The zero-order valence-electron chi connectivity index (χ0n) is 14.6. The molecule has 2 amide bonds. The van der Waals surface area contributed by atoms with Gasteiger partial charge in [-0.1, -0.05) is 41.8 Å². The van der Waals surface area contributed by atoms with Crippen molar-refractivity contribution in [2.24, 2.45) is 5.73 Å². The Hall–Kier alpha value is -0.850. The standard InChI is InChI=1S/C14H22N4O4S4/c1-3-9(2)18(10-4-5-26(21,22)8-10)12(20)7-24-14-17-16-13(25-14)23-6-11(15)19/h9-10H,3-8H2,1-2H3,(H2,15,19). The van der Waals surface area contributed by atoms with Gasteiger partial charge in [0.2, 0.25) is 11.8 Å². The number of rotatable bonds is 9. The van der Waals surface area contributed by atoms with E-state index in [1.807, 2.05) is 13.8 Å². The summed E-state index contributed by atoms with van der Waals surface area (Å²) in [6, 6.07) is -0.267. The van der Waals surface area contributed by atoms with E-state index < -0.39 is 15.7 Å². The average molecular weight is 439 g/mol. The molecule has 0 radical (unpaired) electrons. The molecule has 1 fully saturated rings. The monoisotopic (exact) mass is 438 g/mol. The topological polar surface area (TPSA) is 123 Å². The number of sulfone groups is 1. The predicted octanol–water partition coefficient (Wildman–Crippen LogP) is 1.02. The highest BCUT2D eigenvalue weighted by molar-refractivity contribution is 8.03. The molecule has 2 unspecified atom stereocenters. The Morgan fingerprint density at radius 1 is 1.31 bits per heavy atom. The molecule has 12 heteroatoms. The van der Waals surface area contributed by atoms with E-state index in [2.05, 4.69) is 10.2 Å². The highest BCUT2D eigenvalue weighted by Gasteiger charge is 2.36. The van der Waals surface area contributed by atoms with Crippen molar-refractivity contribution >= 4 is 56.5 Å². The lowest BCUT2D eigenvalue weighted by Crippen LogP contribution is -2.47. The zero-order valence-corrected chi connectivity index (χ0v) is 17.8. The molecule has 2 rings (SSSR count). The van der Waals surface area contributed by atoms with E-state index in [1.54, 1.807) is 4.90 Å². The van der Waals surface area contributed by atoms with Gasteiger partial charge < -0.3 is 10.6 Å². The lowest BCUT2D eigenvalue weighted by Gasteiger charge is -2.33. The molecule has 1 aliphatic rings. The van der Waals surface area contributed by atoms with Gasteiger partial charge in [-0.05, 0) is 19.8 Å². The summed E-state index contributed by atoms with van der Waals surface area (Å²) >= 11 is 3.79. The second kappa shape index (κ2) is 9.38. The van der Waals surface area contributed by atoms with Crippen molar-refractivity contribution in [3.8, 4) is 0 Å². The fraction of sp³-hybridized carbons (Fsp3) is 0.714. The summed E-state index contributed by atoms with van der Waals surface area (Å²) in [4.78, 5) is 25.3. The first-order valence-corrected chi connectivity index (χ1v) is 12.7. The fourth-order valence-electron chi connectivity index (χ4n) is 2.65. The van der Waals surface area contributed by atoms with Crippen LogP contribution in [0.5, 0.6) is 0 Å². The smallest absolute Gasteiger partial charge is 0.233 e. The van der Waals surface area contributed by atoms with Gasteiger partial charge in [0.05, 0.1) is 23.0 Å². The van der Waals surface area contributed by atoms with Crippen LogP contribution in [-0.4, -0.2) is 70.4 Å². The molecular formula is C14H22N4O4S4.